The van der Waals surface area contributed by atoms with Gasteiger partial charge in [0.15, 0.2) is 0 Å². The Morgan fingerprint density at radius 1 is 1.22 bits per heavy atom. The Balaban J connectivity index is 1.49. The maximum absolute atomic E-state index is 12.5. The van der Waals surface area contributed by atoms with Gasteiger partial charge in [-0.3, -0.25) is 14.5 Å². The molecule has 27 heavy (non-hydrogen) atoms. The number of carboxylic acids is 1. The number of amides is 1. The van der Waals surface area contributed by atoms with Crippen LogP contribution < -0.4 is 5.32 Å². The number of carboxylic acid groups (broad SMARTS) is 1. The van der Waals surface area contributed by atoms with Gasteiger partial charge in [0.2, 0.25) is 5.91 Å². The molecule has 2 aliphatic rings. The van der Waals surface area contributed by atoms with Gasteiger partial charge in [-0.15, -0.1) is 0 Å². The number of hydrogen-bond acceptors (Lipinski definition) is 3. The predicted octanol–water partition coefficient (Wildman–Crippen LogP) is 3.32. The van der Waals surface area contributed by atoms with E-state index in [-0.39, 0.29) is 18.4 Å². The SMILES string of the molecule is CC(NC(=O)CN1CCCC(CCC(=O)O)C1)c1ccc2c(c1)CCCC2. The second-order valence-electron chi connectivity index (χ2n) is 8.20. The second-order valence-corrected chi connectivity index (χ2v) is 8.20. The molecular formula is C22H32N2O3. The number of benzene rings is 1. The summed E-state index contributed by atoms with van der Waals surface area (Å²) in [5.74, 6) is -0.288. The van der Waals surface area contributed by atoms with Gasteiger partial charge in [-0.05, 0) is 81.0 Å². The zero-order chi connectivity index (χ0) is 19.2. The molecule has 0 spiro atoms. The van der Waals surface area contributed by atoms with E-state index in [1.807, 2.05) is 6.92 Å². The lowest BCUT2D eigenvalue weighted by atomic mass is 9.89. The number of piperidine rings is 1. The molecule has 1 aliphatic heterocycles. The largest absolute Gasteiger partial charge is 0.481 e. The molecule has 5 nitrogen and oxygen atoms in total. The minimum atomic E-state index is -0.733. The lowest BCUT2D eigenvalue weighted by Crippen LogP contribution is -2.43. The number of rotatable bonds is 7. The third kappa shape index (κ3) is 5.80. The topological polar surface area (TPSA) is 69.6 Å². The van der Waals surface area contributed by atoms with E-state index in [0.717, 1.165) is 32.4 Å². The van der Waals surface area contributed by atoms with E-state index in [4.69, 9.17) is 5.11 Å². The molecular weight excluding hydrogens is 340 g/mol. The Morgan fingerprint density at radius 2 is 2.00 bits per heavy atom. The number of likely N-dealkylation sites (tertiary alicyclic amines) is 1. The van der Waals surface area contributed by atoms with Crippen LogP contribution in [-0.4, -0.2) is 41.5 Å². The molecule has 0 aromatic heterocycles. The van der Waals surface area contributed by atoms with Crippen LogP contribution in [0, 0.1) is 5.92 Å². The highest BCUT2D eigenvalue weighted by atomic mass is 16.4. The number of aliphatic carboxylic acids is 1. The van der Waals surface area contributed by atoms with Crippen molar-refractivity contribution in [3.63, 3.8) is 0 Å². The smallest absolute Gasteiger partial charge is 0.303 e. The zero-order valence-corrected chi connectivity index (χ0v) is 16.4. The summed E-state index contributed by atoms with van der Waals surface area (Å²) in [6, 6.07) is 6.65. The molecule has 1 aliphatic carbocycles. The van der Waals surface area contributed by atoms with E-state index in [2.05, 4.69) is 28.4 Å². The van der Waals surface area contributed by atoms with Crippen LogP contribution in [0.3, 0.4) is 0 Å². The highest BCUT2D eigenvalue weighted by Gasteiger charge is 2.23. The van der Waals surface area contributed by atoms with Crippen molar-refractivity contribution in [2.24, 2.45) is 5.92 Å². The van der Waals surface area contributed by atoms with Crippen molar-refractivity contribution in [2.45, 2.75) is 64.3 Å². The van der Waals surface area contributed by atoms with Crippen LogP contribution in [0.4, 0.5) is 0 Å². The number of hydrogen-bond donors (Lipinski definition) is 2. The summed E-state index contributed by atoms with van der Waals surface area (Å²) in [5, 5.41) is 12.0. The third-order valence-electron chi connectivity index (χ3n) is 5.99. The monoisotopic (exact) mass is 372 g/mol. The highest BCUT2D eigenvalue weighted by molar-refractivity contribution is 5.78. The molecule has 3 rings (SSSR count). The first kappa shape index (κ1) is 19.9. The Bertz CT molecular complexity index is 674. The van der Waals surface area contributed by atoms with E-state index < -0.39 is 5.97 Å². The number of fused-ring (bicyclic) bond motifs is 1. The average Bonchev–Trinajstić information content (AvgIpc) is 2.66. The summed E-state index contributed by atoms with van der Waals surface area (Å²) in [4.78, 5) is 25.5. The molecule has 1 saturated heterocycles. The van der Waals surface area contributed by atoms with Gasteiger partial charge in [-0.2, -0.15) is 0 Å². The first-order valence-corrected chi connectivity index (χ1v) is 10.4. The number of carbonyl (C=O) groups excluding carboxylic acids is 1. The van der Waals surface area contributed by atoms with E-state index >= 15 is 0 Å². The second kappa shape index (κ2) is 9.36. The molecule has 2 N–H and O–H groups in total. The van der Waals surface area contributed by atoms with Gasteiger partial charge in [-0.25, -0.2) is 0 Å². The number of nitrogens with one attached hydrogen (secondary N) is 1. The molecule has 1 fully saturated rings. The maximum atomic E-state index is 12.5. The normalized spacial score (nSPS) is 21.3. The highest BCUT2D eigenvalue weighted by Crippen LogP contribution is 2.25. The summed E-state index contributed by atoms with van der Waals surface area (Å²) in [6.45, 7) is 4.20. The molecule has 1 amide bonds. The fourth-order valence-electron chi connectivity index (χ4n) is 4.45. The van der Waals surface area contributed by atoms with Gasteiger partial charge in [0.1, 0.15) is 0 Å². The average molecular weight is 373 g/mol. The quantitative estimate of drug-likeness (QED) is 0.770. The first-order valence-electron chi connectivity index (χ1n) is 10.4. The molecule has 1 aromatic rings. The van der Waals surface area contributed by atoms with Crippen LogP contribution in [0.25, 0.3) is 0 Å². The van der Waals surface area contributed by atoms with Gasteiger partial charge < -0.3 is 10.4 Å². The Hall–Kier alpha value is -1.88. The minimum absolute atomic E-state index is 0.0114. The molecule has 0 radical (unpaired) electrons. The lowest BCUT2D eigenvalue weighted by molar-refractivity contribution is -0.137. The van der Waals surface area contributed by atoms with Gasteiger partial charge in [0.25, 0.3) is 0 Å². The van der Waals surface area contributed by atoms with Crippen LogP contribution in [0.1, 0.15) is 68.2 Å². The lowest BCUT2D eigenvalue weighted by Gasteiger charge is -2.32. The standard InChI is InChI=1S/C22H32N2O3/c1-16(19-10-9-18-6-2-3-7-20(18)13-19)23-21(25)15-24-12-4-5-17(14-24)8-11-22(26)27/h9-10,13,16-17H,2-8,11-12,14-15H2,1H3,(H,23,25)(H,26,27). The zero-order valence-electron chi connectivity index (χ0n) is 16.4. The number of carbonyl (C=O) groups is 2. The van der Waals surface area contributed by atoms with Crippen molar-refractivity contribution < 1.29 is 14.7 Å². The van der Waals surface area contributed by atoms with Gasteiger partial charge in [-0.1, -0.05) is 18.2 Å². The van der Waals surface area contributed by atoms with E-state index in [1.165, 1.54) is 36.0 Å². The van der Waals surface area contributed by atoms with Crippen LogP contribution in [-0.2, 0) is 22.4 Å². The number of aryl methyl sites for hydroxylation is 2. The Morgan fingerprint density at radius 3 is 2.78 bits per heavy atom. The summed E-state index contributed by atoms with van der Waals surface area (Å²) < 4.78 is 0. The molecule has 0 saturated carbocycles. The molecule has 5 heteroatoms. The Kier molecular flexibility index (Phi) is 6.89. The van der Waals surface area contributed by atoms with Crippen molar-refractivity contribution in [1.29, 1.82) is 0 Å². The molecule has 2 unspecified atom stereocenters. The van der Waals surface area contributed by atoms with Crippen molar-refractivity contribution in [2.75, 3.05) is 19.6 Å². The van der Waals surface area contributed by atoms with Crippen molar-refractivity contribution in [1.82, 2.24) is 10.2 Å². The van der Waals surface area contributed by atoms with Crippen molar-refractivity contribution >= 4 is 11.9 Å². The third-order valence-corrected chi connectivity index (χ3v) is 5.99. The minimum Gasteiger partial charge on any atom is -0.481 e. The fourth-order valence-corrected chi connectivity index (χ4v) is 4.45. The van der Waals surface area contributed by atoms with E-state index in [1.54, 1.807) is 0 Å². The van der Waals surface area contributed by atoms with Crippen molar-refractivity contribution in [3.05, 3.63) is 34.9 Å². The van der Waals surface area contributed by atoms with Crippen LogP contribution >= 0.6 is 0 Å². The van der Waals surface area contributed by atoms with Crippen LogP contribution in [0.15, 0.2) is 18.2 Å². The van der Waals surface area contributed by atoms with Crippen LogP contribution in [0.5, 0.6) is 0 Å². The molecule has 1 heterocycles. The van der Waals surface area contributed by atoms with Gasteiger partial charge in [0.05, 0.1) is 12.6 Å². The summed E-state index contributed by atoms with van der Waals surface area (Å²) in [6.07, 6.45) is 7.90. The first-order chi connectivity index (χ1) is 13.0. The predicted molar refractivity (Wildman–Crippen MR) is 106 cm³/mol. The van der Waals surface area contributed by atoms with Gasteiger partial charge in [0, 0.05) is 13.0 Å². The van der Waals surface area contributed by atoms with Gasteiger partial charge >= 0.3 is 5.97 Å². The van der Waals surface area contributed by atoms with Crippen molar-refractivity contribution in [3.8, 4) is 0 Å². The molecule has 1 aromatic carbocycles. The maximum Gasteiger partial charge on any atom is 0.303 e. The summed E-state index contributed by atoms with van der Waals surface area (Å²) in [5.41, 5.74) is 4.09. The molecule has 2 atom stereocenters. The summed E-state index contributed by atoms with van der Waals surface area (Å²) >= 11 is 0. The Labute approximate surface area is 162 Å². The molecule has 0 bridgehead atoms. The van der Waals surface area contributed by atoms with E-state index in [9.17, 15) is 9.59 Å². The molecule has 148 valence electrons. The summed E-state index contributed by atoms with van der Waals surface area (Å²) in [7, 11) is 0. The number of nitrogens with zero attached hydrogens (tertiary/aromatic N) is 1. The van der Waals surface area contributed by atoms with E-state index in [0.29, 0.717) is 18.9 Å². The van der Waals surface area contributed by atoms with Crippen LogP contribution in [0.2, 0.25) is 0 Å². The fraction of sp³-hybridized carbons (Fsp3) is 0.636.